The van der Waals surface area contributed by atoms with Crippen molar-refractivity contribution < 1.29 is 9.63 Å². The number of hydrogen-bond acceptors (Lipinski definition) is 3. The number of likely N-dealkylation sites (tertiary alicyclic amines) is 1. The first-order valence-corrected chi connectivity index (χ1v) is 11.0. The Morgan fingerprint density at radius 3 is 2.53 bits per heavy atom. The van der Waals surface area contributed by atoms with Crippen molar-refractivity contribution in [3.63, 3.8) is 0 Å². The van der Waals surface area contributed by atoms with Gasteiger partial charge in [-0.2, -0.15) is 0 Å². The lowest BCUT2D eigenvalue weighted by Gasteiger charge is -2.36. The van der Waals surface area contributed by atoms with Crippen LogP contribution in [0.15, 0.2) is 65.8 Å². The Balaban J connectivity index is 1.28. The average Bonchev–Trinajstić information content (AvgIpc) is 3.21. The lowest BCUT2D eigenvalue weighted by atomic mass is 9.85. The average molecular weight is 403 g/mol. The van der Waals surface area contributed by atoms with Gasteiger partial charge in [0.25, 0.3) is 0 Å². The van der Waals surface area contributed by atoms with Gasteiger partial charge in [-0.25, -0.2) is 0 Å². The molecule has 0 unspecified atom stereocenters. The lowest BCUT2D eigenvalue weighted by molar-refractivity contribution is -0.131. The number of carbonyl (C=O) groups is 1. The van der Waals surface area contributed by atoms with Crippen molar-refractivity contribution >= 4 is 17.7 Å². The highest BCUT2D eigenvalue weighted by Gasteiger charge is 2.42. The number of unbranched alkanes of at least 4 members (excludes halogenated alkanes) is 1. The molecule has 0 N–H and O–H groups in total. The number of benzene rings is 2. The van der Waals surface area contributed by atoms with E-state index in [1.807, 2.05) is 29.2 Å². The second kappa shape index (κ2) is 9.29. The molecule has 30 heavy (non-hydrogen) atoms. The van der Waals surface area contributed by atoms with Crippen LogP contribution in [0.3, 0.4) is 0 Å². The molecule has 1 spiro atoms. The van der Waals surface area contributed by atoms with Gasteiger partial charge in [0.05, 0.1) is 5.71 Å². The van der Waals surface area contributed by atoms with E-state index in [9.17, 15) is 4.79 Å². The van der Waals surface area contributed by atoms with Crippen LogP contribution in [-0.4, -0.2) is 35.2 Å². The SMILES string of the molecule is CCCCc1ccc(C=CC(=O)N2CCC3(CC2)CC(c2ccccc2)=NO3)cc1. The predicted molar refractivity (Wildman–Crippen MR) is 121 cm³/mol. The van der Waals surface area contributed by atoms with E-state index in [4.69, 9.17) is 4.84 Å². The van der Waals surface area contributed by atoms with Gasteiger partial charge in [0.15, 0.2) is 0 Å². The minimum absolute atomic E-state index is 0.0714. The van der Waals surface area contributed by atoms with Gasteiger partial charge < -0.3 is 9.74 Å². The molecule has 2 aliphatic heterocycles. The van der Waals surface area contributed by atoms with Crippen LogP contribution >= 0.6 is 0 Å². The van der Waals surface area contributed by atoms with E-state index in [0.717, 1.165) is 42.5 Å². The first kappa shape index (κ1) is 20.4. The zero-order chi connectivity index (χ0) is 20.8. The number of oxime groups is 1. The van der Waals surface area contributed by atoms with Gasteiger partial charge in [0.2, 0.25) is 5.91 Å². The second-order valence-electron chi connectivity index (χ2n) is 8.36. The zero-order valence-electron chi connectivity index (χ0n) is 17.7. The molecule has 0 radical (unpaired) electrons. The van der Waals surface area contributed by atoms with Crippen LogP contribution in [0.1, 0.15) is 55.7 Å². The van der Waals surface area contributed by atoms with Crippen molar-refractivity contribution in [2.75, 3.05) is 13.1 Å². The maximum atomic E-state index is 12.6. The van der Waals surface area contributed by atoms with Crippen molar-refractivity contribution in [2.45, 2.75) is 51.0 Å². The van der Waals surface area contributed by atoms with Crippen LogP contribution in [-0.2, 0) is 16.1 Å². The normalized spacial score (nSPS) is 17.9. The maximum absolute atomic E-state index is 12.6. The van der Waals surface area contributed by atoms with Crippen LogP contribution in [0.25, 0.3) is 6.08 Å². The van der Waals surface area contributed by atoms with E-state index < -0.39 is 0 Å². The number of aryl methyl sites for hydroxylation is 1. The van der Waals surface area contributed by atoms with E-state index in [1.54, 1.807) is 6.08 Å². The van der Waals surface area contributed by atoms with Gasteiger partial charge >= 0.3 is 0 Å². The summed E-state index contributed by atoms with van der Waals surface area (Å²) in [6, 6.07) is 18.7. The summed E-state index contributed by atoms with van der Waals surface area (Å²) in [5.41, 5.74) is 4.31. The Labute approximate surface area is 179 Å². The number of hydrogen-bond donors (Lipinski definition) is 0. The molecule has 2 aromatic carbocycles. The highest BCUT2D eigenvalue weighted by Crippen LogP contribution is 2.36. The molecule has 4 rings (SSSR count). The van der Waals surface area contributed by atoms with Crippen molar-refractivity contribution in [2.24, 2.45) is 5.16 Å². The molecule has 4 heteroatoms. The monoisotopic (exact) mass is 402 g/mol. The zero-order valence-corrected chi connectivity index (χ0v) is 17.7. The Morgan fingerprint density at radius 2 is 1.83 bits per heavy atom. The van der Waals surface area contributed by atoms with Crippen LogP contribution < -0.4 is 0 Å². The highest BCUT2D eigenvalue weighted by molar-refractivity contribution is 6.01. The summed E-state index contributed by atoms with van der Waals surface area (Å²) in [7, 11) is 0. The number of carbonyl (C=O) groups excluding carboxylic acids is 1. The van der Waals surface area contributed by atoms with Crippen LogP contribution in [0.2, 0.25) is 0 Å². The fourth-order valence-corrected chi connectivity index (χ4v) is 4.16. The van der Waals surface area contributed by atoms with Gasteiger partial charge in [-0.05, 0) is 35.6 Å². The molecule has 1 fully saturated rings. The Kier molecular flexibility index (Phi) is 6.32. The molecule has 2 aromatic rings. The molecule has 0 bridgehead atoms. The molecule has 0 atom stereocenters. The summed E-state index contributed by atoms with van der Waals surface area (Å²) < 4.78 is 0. The third-order valence-electron chi connectivity index (χ3n) is 6.15. The van der Waals surface area contributed by atoms with Crippen molar-refractivity contribution in [1.82, 2.24) is 4.90 Å². The molecule has 1 amide bonds. The molecule has 0 saturated carbocycles. The van der Waals surface area contributed by atoms with Crippen molar-refractivity contribution in [1.29, 1.82) is 0 Å². The molecule has 0 aromatic heterocycles. The maximum Gasteiger partial charge on any atom is 0.246 e. The molecule has 2 aliphatic rings. The van der Waals surface area contributed by atoms with Crippen LogP contribution in [0.4, 0.5) is 0 Å². The topological polar surface area (TPSA) is 41.9 Å². The summed E-state index contributed by atoms with van der Waals surface area (Å²) in [5, 5.41) is 4.35. The number of rotatable bonds is 6. The third kappa shape index (κ3) is 4.81. The first-order valence-electron chi connectivity index (χ1n) is 11.0. The largest absolute Gasteiger partial charge is 0.388 e. The number of piperidine rings is 1. The van der Waals surface area contributed by atoms with Gasteiger partial charge in [0.1, 0.15) is 5.60 Å². The summed E-state index contributed by atoms with van der Waals surface area (Å²) in [6.07, 6.45) is 9.60. The summed E-state index contributed by atoms with van der Waals surface area (Å²) in [4.78, 5) is 20.4. The number of amides is 1. The summed E-state index contributed by atoms with van der Waals surface area (Å²) in [5.74, 6) is 0.0714. The van der Waals surface area contributed by atoms with Crippen LogP contribution in [0.5, 0.6) is 0 Å². The highest BCUT2D eigenvalue weighted by atomic mass is 16.7. The fraction of sp³-hybridized carbons (Fsp3) is 0.385. The molecular weight excluding hydrogens is 372 g/mol. The van der Waals surface area contributed by atoms with Crippen molar-refractivity contribution in [3.05, 3.63) is 77.4 Å². The molecule has 2 heterocycles. The smallest absolute Gasteiger partial charge is 0.246 e. The quantitative estimate of drug-likeness (QED) is 0.621. The molecular formula is C26H30N2O2. The van der Waals surface area contributed by atoms with E-state index in [2.05, 4.69) is 48.5 Å². The second-order valence-corrected chi connectivity index (χ2v) is 8.36. The van der Waals surface area contributed by atoms with E-state index in [1.165, 1.54) is 18.4 Å². The van der Waals surface area contributed by atoms with Gasteiger partial charge in [-0.1, -0.05) is 73.1 Å². The van der Waals surface area contributed by atoms with E-state index in [0.29, 0.717) is 13.1 Å². The van der Waals surface area contributed by atoms with E-state index >= 15 is 0 Å². The Morgan fingerprint density at radius 1 is 1.10 bits per heavy atom. The molecule has 1 saturated heterocycles. The van der Waals surface area contributed by atoms with Gasteiger partial charge in [-0.3, -0.25) is 4.79 Å². The van der Waals surface area contributed by atoms with E-state index in [-0.39, 0.29) is 11.5 Å². The lowest BCUT2D eigenvalue weighted by Crippen LogP contribution is -2.46. The Bertz CT molecular complexity index is 908. The molecule has 156 valence electrons. The minimum atomic E-state index is -0.250. The Hall–Kier alpha value is -2.88. The third-order valence-corrected chi connectivity index (χ3v) is 6.15. The summed E-state index contributed by atoms with van der Waals surface area (Å²) >= 11 is 0. The standard InChI is InChI=1S/C26H30N2O2/c1-2-3-7-21-10-12-22(13-11-21)14-15-25(29)28-18-16-26(17-19-28)20-24(27-30-26)23-8-5-4-6-9-23/h4-6,8-15H,2-3,7,16-20H2,1H3. The van der Waals surface area contributed by atoms with Crippen LogP contribution in [0, 0.1) is 0 Å². The summed E-state index contributed by atoms with van der Waals surface area (Å²) in [6.45, 7) is 3.62. The van der Waals surface area contributed by atoms with Crippen molar-refractivity contribution in [3.8, 4) is 0 Å². The number of nitrogens with zero attached hydrogens (tertiary/aromatic N) is 2. The predicted octanol–water partition coefficient (Wildman–Crippen LogP) is 5.23. The minimum Gasteiger partial charge on any atom is -0.388 e. The van der Waals surface area contributed by atoms with Gasteiger partial charge in [-0.15, -0.1) is 0 Å². The first-order chi connectivity index (χ1) is 14.7. The molecule has 4 nitrogen and oxygen atoms in total. The fourth-order valence-electron chi connectivity index (χ4n) is 4.16. The molecule has 0 aliphatic carbocycles. The van der Waals surface area contributed by atoms with Gasteiger partial charge in [0, 0.05) is 38.4 Å².